The van der Waals surface area contributed by atoms with Gasteiger partial charge in [-0.05, 0) is 12.5 Å². The van der Waals surface area contributed by atoms with Crippen LogP contribution in [0, 0.1) is 0 Å². The highest BCUT2D eigenvalue weighted by Crippen LogP contribution is 2.14. The number of carbonyl (C=O) groups excluding carboxylic acids is 2. The molecule has 1 saturated heterocycles. The molecule has 2 N–H and O–H groups in total. The zero-order valence-corrected chi connectivity index (χ0v) is 12.2. The highest BCUT2D eigenvalue weighted by Gasteiger charge is 2.28. The van der Waals surface area contributed by atoms with Gasteiger partial charge in [0.2, 0.25) is 5.91 Å². The number of rotatable bonds is 3. The molecule has 0 bridgehead atoms. The van der Waals surface area contributed by atoms with Crippen LogP contribution in [0.3, 0.4) is 0 Å². The summed E-state index contributed by atoms with van der Waals surface area (Å²) in [5.41, 5.74) is 6.82. The second-order valence-corrected chi connectivity index (χ2v) is 4.90. The Morgan fingerprint density at radius 2 is 1.71 bits per heavy atom. The molecule has 0 radical (unpaired) electrons. The summed E-state index contributed by atoms with van der Waals surface area (Å²) in [5.74, 6) is -0.107. The van der Waals surface area contributed by atoms with Crippen molar-refractivity contribution < 1.29 is 14.3 Å². The van der Waals surface area contributed by atoms with Gasteiger partial charge >= 0.3 is 6.09 Å². The van der Waals surface area contributed by atoms with Crippen molar-refractivity contribution in [2.24, 2.45) is 5.73 Å². The molecule has 21 heavy (non-hydrogen) atoms. The lowest BCUT2D eigenvalue weighted by molar-refractivity contribution is -0.134. The first kappa shape index (κ1) is 15.3. The molecule has 1 heterocycles. The molecule has 2 amide bonds. The fourth-order valence-electron chi connectivity index (χ4n) is 2.32. The molecule has 114 valence electrons. The van der Waals surface area contributed by atoms with E-state index in [0.717, 1.165) is 5.56 Å². The van der Waals surface area contributed by atoms with Gasteiger partial charge in [0.15, 0.2) is 0 Å². The number of amides is 2. The van der Waals surface area contributed by atoms with Crippen LogP contribution in [0.25, 0.3) is 0 Å². The van der Waals surface area contributed by atoms with E-state index in [4.69, 9.17) is 10.5 Å². The van der Waals surface area contributed by atoms with Gasteiger partial charge in [-0.3, -0.25) is 4.79 Å². The number of hydrogen-bond donors (Lipinski definition) is 1. The first-order valence-corrected chi connectivity index (χ1v) is 7.14. The van der Waals surface area contributed by atoms with Crippen LogP contribution in [0.2, 0.25) is 0 Å². The van der Waals surface area contributed by atoms with Crippen LogP contribution in [-0.4, -0.2) is 54.6 Å². The molecule has 1 aromatic carbocycles. The third-order valence-electron chi connectivity index (χ3n) is 3.54. The second-order valence-electron chi connectivity index (χ2n) is 4.90. The Bertz CT molecular complexity index is 484. The Kier molecular flexibility index (Phi) is 5.16. The van der Waals surface area contributed by atoms with Crippen LogP contribution in [0.1, 0.15) is 18.5 Å². The molecule has 2 rings (SSSR count). The summed E-state index contributed by atoms with van der Waals surface area (Å²) in [6, 6.07) is 8.65. The molecule has 6 nitrogen and oxygen atoms in total. The minimum Gasteiger partial charge on any atom is -0.450 e. The second kappa shape index (κ2) is 7.08. The Morgan fingerprint density at radius 3 is 2.29 bits per heavy atom. The van der Waals surface area contributed by atoms with Crippen molar-refractivity contribution in [2.75, 3.05) is 32.8 Å². The summed E-state index contributed by atoms with van der Waals surface area (Å²) in [5, 5.41) is 0. The maximum absolute atomic E-state index is 12.4. The smallest absolute Gasteiger partial charge is 0.409 e. The predicted molar refractivity (Wildman–Crippen MR) is 78.5 cm³/mol. The predicted octanol–water partition coefficient (Wildman–Crippen LogP) is 0.987. The highest BCUT2D eigenvalue weighted by atomic mass is 16.6. The highest BCUT2D eigenvalue weighted by molar-refractivity contribution is 5.83. The van der Waals surface area contributed by atoms with Crippen molar-refractivity contribution in [1.29, 1.82) is 0 Å². The maximum Gasteiger partial charge on any atom is 0.409 e. The lowest BCUT2D eigenvalue weighted by atomic mass is 10.1. The molecule has 1 atom stereocenters. The van der Waals surface area contributed by atoms with Gasteiger partial charge in [-0.25, -0.2) is 4.79 Å². The van der Waals surface area contributed by atoms with Crippen molar-refractivity contribution in [3.63, 3.8) is 0 Å². The van der Waals surface area contributed by atoms with E-state index in [1.165, 1.54) is 0 Å². The van der Waals surface area contributed by atoms with Crippen LogP contribution in [-0.2, 0) is 9.53 Å². The quantitative estimate of drug-likeness (QED) is 0.901. The number of ether oxygens (including phenoxy) is 1. The van der Waals surface area contributed by atoms with E-state index in [1.54, 1.807) is 16.7 Å². The molecular weight excluding hydrogens is 270 g/mol. The van der Waals surface area contributed by atoms with Crippen LogP contribution in [0.15, 0.2) is 30.3 Å². The molecular formula is C15H21N3O3. The van der Waals surface area contributed by atoms with Gasteiger partial charge in [-0.15, -0.1) is 0 Å². The van der Waals surface area contributed by atoms with Crippen LogP contribution in [0.5, 0.6) is 0 Å². The van der Waals surface area contributed by atoms with Crippen molar-refractivity contribution in [1.82, 2.24) is 9.80 Å². The van der Waals surface area contributed by atoms with Crippen LogP contribution >= 0.6 is 0 Å². The number of hydrogen-bond acceptors (Lipinski definition) is 4. The summed E-state index contributed by atoms with van der Waals surface area (Å²) in [7, 11) is 0. The summed E-state index contributed by atoms with van der Waals surface area (Å²) in [6.07, 6.45) is -0.322. The van der Waals surface area contributed by atoms with Crippen molar-refractivity contribution >= 4 is 12.0 Å². The summed E-state index contributed by atoms with van der Waals surface area (Å²) < 4.78 is 4.95. The summed E-state index contributed by atoms with van der Waals surface area (Å²) >= 11 is 0. The maximum atomic E-state index is 12.4. The minimum atomic E-state index is -0.652. The van der Waals surface area contributed by atoms with E-state index < -0.39 is 6.04 Å². The largest absolute Gasteiger partial charge is 0.450 e. The van der Waals surface area contributed by atoms with E-state index >= 15 is 0 Å². The monoisotopic (exact) mass is 291 g/mol. The van der Waals surface area contributed by atoms with Gasteiger partial charge < -0.3 is 20.3 Å². The molecule has 0 saturated carbocycles. The van der Waals surface area contributed by atoms with Gasteiger partial charge in [0.05, 0.1) is 6.61 Å². The molecule has 0 aliphatic carbocycles. The molecule has 1 aliphatic rings. The van der Waals surface area contributed by atoms with Gasteiger partial charge in [0.25, 0.3) is 0 Å². The lowest BCUT2D eigenvalue weighted by Gasteiger charge is -2.35. The number of piperazine rings is 1. The third-order valence-corrected chi connectivity index (χ3v) is 3.54. The normalized spacial score (nSPS) is 16.5. The molecule has 0 aromatic heterocycles. The first-order chi connectivity index (χ1) is 10.1. The van der Waals surface area contributed by atoms with Gasteiger partial charge in [-0.2, -0.15) is 0 Å². The van der Waals surface area contributed by atoms with E-state index in [1.807, 2.05) is 30.3 Å². The molecule has 1 aromatic rings. The molecule has 1 fully saturated rings. The molecule has 1 aliphatic heterocycles. The van der Waals surface area contributed by atoms with Gasteiger partial charge in [0, 0.05) is 26.2 Å². The fraction of sp³-hybridized carbons (Fsp3) is 0.467. The molecule has 0 unspecified atom stereocenters. The van der Waals surface area contributed by atoms with E-state index in [-0.39, 0.29) is 12.0 Å². The van der Waals surface area contributed by atoms with Crippen molar-refractivity contribution in [2.45, 2.75) is 13.0 Å². The first-order valence-electron chi connectivity index (χ1n) is 7.14. The van der Waals surface area contributed by atoms with E-state index in [9.17, 15) is 9.59 Å². The lowest BCUT2D eigenvalue weighted by Crippen LogP contribution is -2.52. The summed E-state index contributed by atoms with van der Waals surface area (Å²) in [4.78, 5) is 27.3. The van der Waals surface area contributed by atoms with Gasteiger partial charge in [-0.1, -0.05) is 30.3 Å². The fourth-order valence-corrected chi connectivity index (χ4v) is 2.32. The standard InChI is InChI=1S/C15H21N3O3/c1-2-21-15(20)18-10-8-17(9-11-18)14(19)13(16)12-6-4-3-5-7-12/h3-7,13H,2,8-11,16H2,1H3/t13-/m0/s1. The number of carbonyl (C=O) groups is 2. The zero-order chi connectivity index (χ0) is 15.2. The average Bonchev–Trinajstić information content (AvgIpc) is 2.54. The van der Waals surface area contributed by atoms with Crippen LogP contribution in [0.4, 0.5) is 4.79 Å². The number of nitrogens with two attached hydrogens (primary N) is 1. The van der Waals surface area contributed by atoms with Gasteiger partial charge in [0.1, 0.15) is 6.04 Å². The number of nitrogens with zero attached hydrogens (tertiary/aromatic N) is 2. The third kappa shape index (κ3) is 3.72. The Balaban J connectivity index is 1.90. The van der Waals surface area contributed by atoms with Crippen LogP contribution < -0.4 is 5.73 Å². The Hall–Kier alpha value is -2.08. The van der Waals surface area contributed by atoms with Crippen molar-refractivity contribution in [3.05, 3.63) is 35.9 Å². The van der Waals surface area contributed by atoms with Crippen molar-refractivity contribution in [3.8, 4) is 0 Å². The minimum absolute atomic E-state index is 0.107. The van der Waals surface area contributed by atoms with E-state index in [2.05, 4.69) is 0 Å². The molecule has 0 spiro atoms. The Morgan fingerprint density at radius 1 is 1.14 bits per heavy atom. The van der Waals surface area contributed by atoms with E-state index in [0.29, 0.717) is 32.8 Å². The SMILES string of the molecule is CCOC(=O)N1CCN(C(=O)[C@@H](N)c2ccccc2)CC1. The average molecular weight is 291 g/mol. The summed E-state index contributed by atoms with van der Waals surface area (Å²) in [6.45, 7) is 4.06. The molecule has 6 heteroatoms. The zero-order valence-electron chi connectivity index (χ0n) is 12.2. The Labute approximate surface area is 124 Å². The topological polar surface area (TPSA) is 75.9 Å². The number of benzene rings is 1.